The summed E-state index contributed by atoms with van der Waals surface area (Å²) in [6.45, 7) is 2.43. The Balaban J connectivity index is 1.49. The normalized spacial score (nSPS) is 16.7. The molecule has 1 aliphatic heterocycles. The summed E-state index contributed by atoms with van der Waals surface area (Å²) in [4.78, 5) is 18.8. The number of hydrogen-bond acceptors (Lipinski definition) is 6. The maximum absolute atomic E-state index is 13.6. The molecule has 0 N–H and O–H groups in total. The van der Waals surface area contributed by atoms with E-state index in [1.54, 1.807) is 30.0 Å². The van der Waals surface area contributed by atoms with Crippen LogP contribution < -0.4 is 9.47 Å². The molecule has 3 aromatic rings. The number of rotatable bonds is 6. The van der Waals surface area contributed by atoms with Gasteiger partial charge < -0.3 is 18.9 Å². The van der Waals surface area contributed by atoms with E-state index in [0.29, 0.717) is 36.0 Å². The molecule has 0 saturated carbocycles. The lowest BCUT2D eigenvalue weighted by atomic mass is 9.93. The van der Waals surface area contributed by atoms with Crippen LogP contribution >= 0.6 is 0 Å². The second-order valence-corrected chi connectivity index (χ2v) is 7.50. The lowest BCUT2D eigenvalue weighted by Gasteiger charge is -2.32. The molecule has 4 rings (SSSR count). The minimum absolute atomic E-state index is 0.105. The van der Waals surface area contributed by atoms with Crippen molar-refractivity contribution >= 4 is 17.0 Å². The first-order valence-electron chi connectivity index (χ1n) is 10.1. The first kappa shape index (κ1) is 21.0. The molecule has 9 heteroatoms. The summed E-state index contributed by atoms with van der Waals surface area (Å²) in [5.74, 6) is 0.685. The number of piperidine rings is 1. The Morgan fingerprint density at radius 3 is 2.84 bits per heavy atom. The van der Waals surface area contributed by atoms with Gasteiger partial charge in [-0.15, -0.1) is 0 Å². The van der Waals surface area contributed by atoms with Crippen molar-refractivity contribution in [2.45, 2.75) is 32.1 Å². The zero-order valence-corrected chi connectivity index (χ0v) is 17.3. The number of para-hydroxylation sites is 2. The smallest absolute Gasteiger partial charge is 0.264 e. The van der Waals surface area contributed by atoms with Crippen LogP contribution in [0.1, 0.15) is 42.1 Å². The number of likely N-dealkylation sites (tertiary alicyclic amines) is 1. The van der Waals surface area contributed by atoms with Crippen LogP contribution in [-0.2, 0) is 4.79 Å². The summed E-state index contributed by atoms with van der Waals surface area (Å²) in [6.07, 6.45) is -1.19. The number of aryl methyl sites for hydroxylation is 1. The van der Waals surface area contributed by atoms with Crippen LogP contribution in [-0.4, -0.2) is 47.8 Å². The largest absolute Gasteiger partial charge is 0.493 e. The number of methoxy groups -OCH3 is 1. The molecule has 164 valence electrons. The lowest BCUT2D eigenvalue weighted by Crippen LogP contribution is -2.41. The van der Waals surface area contributed by atoms with Crippen molar-refractivity contribution in [2.75, 3.05) is 26.8 Å². The molecule has 1 saturated heterocycles. The topological polar surface area (TPSA) is 77.7 Å². The molecule has 3 heterocycles. The number of nitrogens with zero attached hydrogens (tertiary/aromatic N) is 3. The number of alkyl halides is 2. The van der Waals surface area contributed by atoms with Crippen molar-refractivity contribution in [2.24, 2.45) is 0 Å². The van der Waals surface area contributed by atoms with Gasteiger partial charge in [0.05, 0.1) is 18.2 Å². The molecule has 7 nitrogen and oxygen atoms in total. The highest BCUT2D eigenvalue weighted by molar-refractivity contribution is 5.80. The number of benzene rings is 1. The van der Waals surface area contributed by atoms with Gasteiger partial charge in [0.25, 0.3) is 18.0 Å². The highest BCUT2D eigenvalue weighted by Crippen LogP contribution is 2.34. The van der Waals surface area contributed by atoms with Crippen LogP contribution in [0.15, 0.2) is 34.9 Å². The van der Waals surface area contributed by atoms with E-state index in [9.17, 15) is 13.6 Å². The summed E-state index contributed by atoms with van der Waals surface area (Å²) < 4.78 is 43.3. The van der Waals surface area contributed by atoms with Gasteiger partial charge >= 0.3 is 0 Å². The predicted octanol–water partition coefficient (Wildman–Crippen LogP) is 4.26. The summed E-state index contributed by atoms with van der Waals surface area (Å²) in [5, 5.41) is 4.03. The first-order chi connectivity index (χ1) is 15.0. The zero-order chi connectivity index (χ0) is 22.0. The summed E-state index contributed by atoms with van der Waals surface area (Å²) in [6, 6.07) is 8.52. The molecule has 0 spiro atoms. The maximum atomic E-state index is 13.6. The van der Waals surface area contributed by atoms with Gasteiger partial charge in [-0.3, -0.25) is 4.79 Å². The fourth-order valence-corrected chi connectivity index (χ4v) is 3.94. The summed E-state index contributed by atoms with van der Waals surface area (Å²) in [5.41, 5.74) is 0.843. The first-order valence-corrected chi connectivity index (χ1v) is 10.1. The molecule has 0 radical (unpaired) electrons. The number of fused-ring (bicyclic) bond motifs is 1. The Hall–Kier alpha value is -3.23. The van der Waals surface area contributed by atoms with Gasteiger partial charge in [0.2, 0.25) is 0 Å². The van der Waals surface area contributed by atoms with E-state index >= 15 is 0 Å². The van der Waals surface area contributed by atoms with Crippen LogP contribution in [0.2, 0.25) is 0 Å². The van der Waals surface area contributed by atoms with Crippen molar-refractivity contribution in [3.8, 4) is 11.5 Å². The van der Waals surface area contributed by atoms with Gasteiger partial charge in [0.1, 0.15) is 0 Å². The Bertz CT molecular complexity index is 1090. The fraction of sp³-hybridized carbons (Fsp3) is 0.409. The number of aromatic nitrogens is 2. The molecular formula is C22H23F2N3O4. The molecule has 0 bridgehead atoms. The van der Waals surface area contributed by atoms with Gasteiger partial charge in [0, 0.05) is 30.3 Å². The van der Waals surface area contributed by atoms with Crippen molar-refractivity contribution in [1.82, 2.24) is 15.0 Å². The van der Waals surface area contributed by atoms with Gasteiger partial charge in [0.15, 0.2) is 18.1 Å². The molecule has 1 aliphatic rings. The number of pyridine rings is 1. The standard InChI is InChI=1S/C22H23F2N3O4/c1-13-20-15(21(23)24)10-16(25-22(20)31-26-13)14-6-5-9-27(11-14)19(28)12-30-18-8-4-3-7-17(18)29-2/h3-4,7-8,10,14,21H,5-6,9,11-12H2,1-2H3/t14-/m1/s1. The lowest BCUT2D eigenvalue weighted by molar-refractivity contribution is -0.134. The average Bonchev–Trinajstić information content (AvgIpc) is 3.17. The van der Waals surface area contributed by atoms with Gasteiger partial charge in [-0.2, -0.15) is 0 Å². The summed E-state index contributed by atoms with van der Waals surface area (Å²) in [7, 11) is 1.53. The van der Waals surface area contributed by atoms with Crippen LogP contribution in [0.5, 0.6) is 11.5 Å². The van der Waals surface area contributed by atoms with Crippen molar-refractivity contribution in [3.05, 3.63) is 47.3 Å². The number of hydrogen-bond donors (Lipinski definition) is 0. The average molecular weight is 431 g/mol. The molecule has 1 aromatic carbocycles. The monoisotopic (exact) mass is 431 g/mol. The van der Waals surface area contributed by atoms with Gasteiger partial charge in [-0.25, -0.2) is 13.8 Å². The van der Waals surface area contributed by atoms with Crippen LogP contribution in [0.4, 0.5) is 8.78 Å². The van der Waals surface area contributed by atoms with Gasteiger partial charge in [-0.1, -0.05) is 17.3 Å². The zero-order valence-electron chi connectivity index (χ0n) is 17.3. The highest BCUT2D eigenvalue weighted by Gasteiger charge is 2.28. The quantitative estimate of drug-likeness (QED) is 0.580. The van der Waals surface area contributed by atoms with Gasteiger partial charge in [-0.05, 0) is 38.0 Å². The molecule has 1 amide bonds. The Morgan fingerprint density at radius 1 is 1.32 bits per heavy atom. The van der Waals surface area contributed by atoms with Crippen molar-refractivity contribution < 1.29 is 27.6 Å². The summed E-state index contributed by atoms with van der Waals surface area (Å²) >= 11 is 0. The Morgan fingerprint density at radius 2 is 2.10 bits per heavy atom. The Kier molecular flexibility index (Phi) is 6.01. The van der Waals surface area contributed by atoms with Crippen LogP contribution in [0, 0.1) is 6.92 Å². The number of halogens is 2. The third-order valence-corrected chi connectivity index (χ3v) is 5.52. The third kappa shape index (κ3) is 4.30. The van der Waals surface area contributed by atoms with E-state index in [1.807, 2.05) is 6.07 Å². The number of carbonyl (C=O) groups is 1. The number of amides is 1. The molecule has 0 unspecified atom stereocenters. The molecular weight excluding hydrogens is 408 g/mol. The van der Waals surface area contributed by atoms with E-state index in [1.165, 1.54) is 13.2 Å². The second-order valence-electron chi connectivity index (χ2n) is 7.50. The maximum Gasteiger partial charge on any atom is 0.264 e. The number of carbonyl (C=O) groups excluding carboxylic acids is 1. The van der Waals surface area contributed by atoms with E-state index < -0.39 is 6.43 Å². The molecule has 2 aromatic heterocycles. The minimum Gasteiger partial charge on any atom is -0.493 e. The third-order valence-electron chi connectivity index (χ3n) is 5.52. The molecule has 1 atom stereocenters. The second kappa shape index (κ2) is 8.87. The van der Waals surface area contributed by atoms with E-state index in [0.717, 1.165) is 12.8 Å². The molecule has 0 aliphatic carbocycles. The minimum atomic E-state index is -2.67. The van der Waals surface area contributed by atoms with Crippen molar-refractivity contribution in [3.63, 3.8) is 0 Å². The van der Waals surface area contributed by atoms with Crippen molar-refractivity contribution in [1.29, 1.82) is 0 Å². The van der Waals surface area contributed by atoms with E-state index in [2.05, 4.69) is 10.1 Å². The fourth-order valence-electron chi connectivity index (χ4n) is 3.94. The molecule has 1 fully saturated rings. The van der Waals surface area contributed by atoms with Crippen LogP contribution in [0.3, 0.4) is 0 Å². The number of ether oxygens (including phenoxy) is 2. The van der Waals surface area contributed by atoms with E-state index in [-0.39, 0.29) is 35.1 Å². The Labute approximate surface area is 177 Å². The predicted molar refractivity (Wildman–Crippen MR) is 109 cm³/mol. The SMILES string of the molecule is COc1ccccc1OCC(=O)N1CCC[C@@H](c2cc(C(F)F)c3c(C)noc3n2)C1. The molecule has 31 heavy (non-hydrogen) atoms. The van der Waals surface area contributed by atoms with Crippen LogP contribution in [0.25, 0.3) is 11.1 Å². The van der Waals surface area contributed by atoms with E-state index in [4.69, 9.17) is 14.0 Å². The highest BCUT2D eigenvalue weighted by atomic mass is 19.3.